The summed E-state index contributed by atoms with van der Waals surface area (Å²) in [6, 6.07) is 2.91. The molecular weight excluding hydrogens is 530 g/mol. The molecule has 9 nitrogen and oxygen atoms in total. The molecule has 4 rings (SSSR count). The number of piperidine rings is 1. The van der Waals surface area contributed by atoms with Crippen molar-refractivity contribution >= 4 is 17.6 Å². The van der Waals surface area contributed by atoms with E-state index in [4.69, 9.17) is 10.7 Å². The number of nitrogens with one attached hydrogen (secondary N) is 1. The zero-order chi connectivity index (χ0) is 29.2. The minimum Gasteiger partial charge on any atom is -0.477 e. The number of carboxylic acids is 1. The van der Waals surface area contributed by atoms with Gasteiger partial charge in [-0.1, -0.05) is 6.92 Å². The van der Waals surface area contributed by atoms with Gasteiger partial charge in [0.05, 0.1) is 11.3 Å². The van der Waals surface area contributed by atoms with Crippen molar-refractivity contribution in [3.8, 4) is 11.3 Å². The first-order valence-electron chi connectivity index (χ1n) is 13.1. The Bertz CT molecular complexity index is 1370. The number of benzene rings is 1. The molecule has 0 amide bonds. The third kappa shape index (κ3) is 6.35. The van der Waals surface area contributed by atoms with E-state index >= 15 is 0 Å². The highest BCUT2D eigenvalue weighted by Crippen LogP contribution is 2.36. The summed E-state index contributed by atoms with van der Waals surface area (Å²) in [5.41, 5.74) is 4.72. The Kier molecular flexibility index (Phi) is 8.33. The van der Waals surface area contributed by atoms with Crippen molar-refractivity contribution in [2.75, 3.05) is 30.3 Å². The van der Waals surface area contributed by atoms with E-state index in [-0.39, 0.29) is 34.2 Å². The number of rotatable bonds is 9. The molecular formula is C27H33F4N7O2. The van der Waals surface area contributed by atoms with Crippen LogP contribution >= 0.6 is 0 Å². The molecule has 1 aromatic carbocycles. The number of nitrogen functional groups attached to an aromatic ring is 1. The quantitative estimate of drug-likeness (QED) is 0.313. The molecule has 0 unspecified atom stereocenters. The molecule has 0 radical (unpaired) electrons. The number of nitrogens with zero attached hydrogens (tertiary/aromatic N) is 5. The third-order valence-corrected chi connectivity index (χ3v) is 7.45. The molecule has 1 aliphatic rings. The normalized spacial score (nSPS) is 15.0. The lowest BCUT2D eigenvalue weighted by Crippen LogP contribution is -2.40. The molecule has 0 aliphatic carbocycles. The van der Waals surface area contributed by atoms with Gasteiger partial charge in [-0.15, -0.1) is 0 Å². The van der Waals surface area contributed by atoms with Crippen LogP contribution in [0.25, 0.3) is 11.3 Å². The van der Waals surface area contributed by atoms with Gasteiger partial charge < -0.3 is 25.6 Å². The smallest absolute Gasteiger partial charge is 0.419 e. The van der Waals surface area contributed by atoms with Gasteiger partial charge in [0.2, 0.25) is 0 Å². The summed E-state index contributed by atoms with van der Waals surface area (Å²) in [4.78, 5) is 26.3. The Morgan fingerprint density at radius 3 is 2.52 bits per heavy atom. The molecule has 13 heteroatoms. The van der Waals surface area contributed by atoms with E-state index in [9.17, 15) is 27.5 Å². The van der Waals surface area contributed by atoms with Crippen LogP contribution in [0.5, 0.6) is 0 Å². The highest BCUT2D eigenvalue weighted by molar-refractivity contribution is 5.98. The Hall–Kier alpha value is -3.74. The van der Waals surface area contributed by atoms with Gasteiger partial charge in [-0.25, -0.2) is 24.1 Å². The molecule has 4 N–H and O–H groups in total. The van der Waals surface area contributed by atoms with E-state index in [2.05, 4.69) is 36.1 Å². The van der Waals surface area contributed by atoms with Gasteiger partial charge in [0.25, 0.3) is 0 Å². The van der Waals surface area contributed by atoms with E-state index in [1.807, 2.05) is 9.47 Å². The minimum atomic E-state index is -4.83. The van der Waals surface area contributed by atoms with E-state index in [1.165, 1.54) is 12.4 Å². The van der Waals surface area contributed by atoms with E-state index in [0.29, 0.717) is 50.5 Å². The van der Waals surface area contributed by atoms with Crippen LogP contribution in [-0.2, 0) is 12.7 Å². The number of hydrogen-bond acceptors (Lipinski definition) is 7. The average Bonchev–Trinajstić information content (AvgIpc) is 3.32. The predicted molar refractivity (Wildman–Crippen MR) is 143 cm³/mol. The molecule has 0 saturated carbocycles. The van der Waals surface area contributed by atoms with Crippen LogP contribution in [-0.4, -0.2) is 55.8 Å². The summed E-state index contributed by atoms with van der Waals surface area (Å²) in [6.07, 6.45) is 0.228. The van der Waals surface area contributed by atoms with Crippen LogP contribution < -0.4 is 16.0 Å². The zero-order valence-corrected chi connectivity index (χ0v) is 22.6. The predicted octanol–water partition coefficient (Wildman–Crippen LogP) is 4.94. The highest BCUT2D eigenvalue weighted by atomic mass is 19.4. The van der Waals surface area contributed by atoms with Crippen LogP contribution in [0.1, 0.15) is 67.7 Å². The number of halogens is 4. The molecule has 1 fully saturated rings. The van der Waals surface area contributed by atoms with Gasteiger partial charge in [0.15, 0.2) is 0 Å². The maximum atomic E-state index is 13.9. The van der Waals surface area contributed by atoms with Crippen LogP contribution in [0.3, 0.4) is 0 Å². The molecule has 0 bridgehead atoms. The number of aromatic nitrogens is 4. The van der Waals surface area contributed by atoms with Gasteiger partial charge in [-0.3, -0.25) is 0 Å². The number of carboxylic acid groups (broad SMARTS) is 1. The van der Waals surface area contributed by atoms with Crippen molar-refractivity contribution in [1.82, 2.24) is 24.8 Å². The number of hydrogen-bond donors (Lipinski definition) is 3. The number of nitrogens with two attached hydrogens (primary N) is 1. The maximum Gasteiger partial charge on any atom is 0.419 e. The Labute approximate surface area is 229 Å². The molecule has 3 heterocycles. The Balaban J connectivity index is 1.62. The SMILES string of the molecule is CCC(C)(C)NCCn1cc(-c2ccc(F)c(C(F)(F)F)c2)nc1C1CCN(c2ncnc(N)c2C(=O)O)CC1. The molecule has 3 aromatic rings. The van der Waals surface area contributed by atoms with Crippen LogP contribution in [0, 0.1) is 5.82 Å². The van der Waals surface area contributed by atoms with Crippen molar-refractivity contribution in [2.45, 2.75) is 64.2 Å². The zero-order valence-electron chi connectivity index (χ0n) is 22.6. The number of anilines is 2. The average molecular weight is 564 g/mol. The van der Waals surface area contributed by atoms with Crippen molar-refractivity contribution in [3.05, 3.63) is 53.5 Å². The fraction of sp³-hybridized carbons (Fsp3) is 0.481. The van der Waals surface area contributed by atoms with Gasteiger partial charge in [0, 0.05) is 49.4 Å². The third-order valence-electron chi connectivity index (χ3n) is 7.45. The molecule has 1 aliphatic heterocycles. The van der Waals surface area contributed by atoms with Crippen molar-refractivity contribution in [3.63, 3.8) is 0 Å². The first-order valence-corrected chi connectivity index (χ1v) is 13.1. The van der Waals surface area contributed by atoms with Crippen LogP contribution in [0.15, 0.2) is 30.7 Å². The summed E-state index contributed by atoms with van der Waals surface area (Å²) in [5.74, 6) is -1.74. The molecule has 216 valence electrons. The lowest BCUT2D eigenvalue weighted by atomic mass is 9.95. The molecule has 0 atom stereocenters. The first-order chi connectivity index (χ1) is 18.8. The van der Waals surface area contributed by atoms with Gasteiger partial charge in [0.1, 0.15) is 35.2 Å². The summed E-state index contributed by atoms with van der Waals surface area (Å²) in [7, 11) is 0. The van der Waals surface area contributed by atoms with Crippen molar-refractivity contribution in [1.29, 1.82) is 0 Å². The van der Waals surface area contributed by atoms with Crippen LogP contribution in [0.4, 0.5) is 29.2 Å². The number of aromatic carboxylic acids is 1. The first kappa shape index (κ1) is 29.2. The Morgan fingerprint density at radius 1 is 1.20 bits per heavy atom. The van der Waals surface area contributed by atoms with E-state index < -0.39 is 23.5 Å². The standard InChI is InChI=1S/C27H33F4N7O2/c1-4-26(2,3)35-9-12-38-14-20(17-5-6-19(28)18(13-17)27(29,30)31)36-23(38)16-7-10-37(11-8-16)24-21(25(39)40)22(32)33-15-34-24/h5-6,13-16,35H,4,7-12H2,1-3H3,(H,39,40)(H2,32,33,34). The topological polar surface area (TPSA) is 122 Å². The number of alkyl halides is 3. The lowest BCUT2D eigenvalue weighted by molar-refractivity contribution is -0.139. The fourth-order valence-electron chi connectivity index (χ4n) is 4.80. The monoisotopic (exact) mass is 563 g/mol. The van der Waals surface area contributed by atoms with Gasteiger partial charge >= 0.3 is 12.1 Å². The highest BCUT2D eigenvalue weighted by Gasteiger charge is 2.35. The number of carbonyl (C=O) groups is 1. The maximum absolute atomic E-state index is 13.9. The van der Waals surface area contributed by atoms with Crippen molar-refractivity contribution < 1.29 is 27.5 Å². The number of imidazole rings is 1. The minimum absolute atomic E-state index is 0.0424. The largest absolute Gasteiger partial charge is 0.477 e. The summed E-state index contributed by atoms with van der Waals surface area (Å²) >= 11 is 0. The second-order valence-corrected chi connectivity index (χ2v) is 10.6. The van der Waals surface area contributed by atoms with Gasteiger partial charge in [-0.05, 0) is 51.3 Å². The molecule has 0 spiro atoms. The van der Waals surface area contributed by atoms with E-state index in [1.54, 1.807) is 6.20 Å². The molecule has 2 aromatic heterocycles. The lowest BCUT2D eigenvalue weighted by Gasteiger charge is -2.33. The van der Waals surface area contributed by atoms with Crippen molar-refractivity contribution in [2.24, 2.45) is 0 Å². The second kappa shape index (κ2) is 11.4. The Morgan fingerprint density at radius 2 is 1.90 bits per heavy atom. The summed E-state index contributed by atoms with van der Waals surface area (Å²) in [5, 5.41) is 13.1. The summed E-state index contributed by atoms with van der Waals surface area (Å²) in [6.45, 7) is 8.35. The second-order valence-electron chi connectivity index (χ2n) is 10.6. The van der Waals surface area contributed by atoms with E-state index in [0.717, 1.165) is 18.6 Å². The summed E-state index contributed by atoms with van der Waals surface area (Å²) < 4.78 is 56.0. The van der Waals surface area contributed by atoms with Crippen LogP contribution in [0.2, 0.25) is 0 Å². The van der Waals surface area contributed by atoms with Gasteiger partial charge in [-0.2, -0.15) is 13.2 Å². The molecule has 40 heavy (non-hydrogen) atoms. The fourth-order valence-corrected chi connectivity index (χ4v) is 4.80. The molecule has 1 saturated heterocycles.